The van der Waals surface area contributed by atoms with Gasteiger partial charge in [-0.2, -0.15) is 4.98 Å². The summed E-state index contributed by atoms with van der Waals surface area (Å²) in [5.41, 5.74) is 6.39. The number of nitrogens with two attached hydrogens (primary N) is 1. The maximum atomic E-state index is 13.8. The van der Waals surface area contributed by atoms with Gasteiger partial charge in [0, 0.05) is 5.75 Å². The molecule has 1 aromatic carbocycles. The first-order valence-electron chi connectivity index (χ1n) is 8.83. The molecule has 2 aliphatic rings. The highest BCUT2D eigenvalue weighted by atomic mass is 32.2. The SMILES string of the molecule is NC1(c2noc(C3CSC(Cc4ccccc4F)C(=O)N3)n2)CCCC1. The second kappa shape index (κ2) is 7.00. The van der Waals surface area contributed by atoms with Crippen molar-refractivity contribution in [1.29, 1.82) is 0 Å². The molecule has 1 saturated heterocycles. The number of carbonyl (C=O) groups is 1. The lowest BCUT2D eigenvalue weighted by Crippen LogP contribution is -2.43. The molecule has 1 amide bonds. The lowest BCUT2D eigenvalue weighted by Gasteiger charge is -2.26. The van der Waals surface area contributed by atoms with E-state index >= 15 is 0 Å². The Labute approximate surface area is 155 Å². The van der Waals surface area contributed by atoms with Crippen molar-refractivity contribution >= 4 is 17.7 Å². The van der Waals surface area contributed by atoms with Gasteiger partial charge in [0.15, 0.2) is 5.82 Å². The summed E-state index contributed by atoms with van der Waals surface area (Å²) >= 11 is 1.48. The van der Waals surface area contributed by atoms with E-state index in [4.69, 9.17) is 10.3 Å². The van der Waals surface area contributed by atoms with E-state index < -0.39 is 5.54 Å². The van der Waals surface area contributed by atoms with Gasteiger partial charge in [0.2, 0.25) is 11.8 Å². The number of aromatic nitrogens is 2. The average molecular weight is 376 g/mol. The molecule has 26 heavy (non-hydrogen) atoms. The number of thioether (sulfide) groups is 1. The highest BCUT2D eigenvalue weighted by molar-refractivity contribution is 8.00. The van der Waals surface area contributed by atoms with Crippen molar-refractivity contribution in [2.24, 2.45) is 5.73 Å². The Morgan fingerprint density at radius 3 is 2.85 bits per heavy atom. The molecule has 0 bridgehead atoms. The van der Waals surface area contributed by atoms with Crippen molar-refractivity contribution in [3.63, 3.8) is 0 Å². The number of amides is 1. The molecule has 8 heteroatoms. The Morgan fingerprint density at radius 2 is 2.12 bits per heavy atom. The van der Waals surface area contributed by atoms with Gasteiger partial charge >= 0.3 is 0 Å². The summed E-state index contributed by atoms with van der Waals surface area (Å²) < 4.78 is 19.2. The van der Waals surface area contributed by atoms with Gasteiger partial charge in [-0.25, -0.2) is 4.39 Å². The van der Waals surface area contributed by atoms with E-state index in [2.05, 4.69) is 15.5 Å². The number of hydrogen-bond donors (Lipinski definition) is 2. The Kier molecular flexibility index (Phi) is 4.71. The molecule has 2 aromatic rings. The summed E-state index contributed by atoms with van der Waals surface area (Å²) in [6.45, 7) is 0. The van der Waals surface area contributed by atoms with E-state index in [1.807, 2.05) is 0 Å². The van der Waals surface area contributed by atoms with E-state index in [-0.39, 0.29) is 23.0 Å². The molecule has 0 radical (unpaired) electrons. The fourth-order valence-electron chi connectivity index (χ4n) is 3.55. The Balaban J connectivity index is 1.42. The largest absolute Gasteiger partial charge is 0.343 e. The van der Waals surface area contributed by atoms with Crippen molar-refractivity contribution in [2.75, 3.05) is 5.75 Å². The molecule has 2 heterocycles. The van der Waals surface area contributed by atoms with Crippen LogP contribution in [0.15, 0.2) is 28.8 Å². The summed E-state index contributed by atoms with van der Waals surface area (Å²) in [5.74, 6) is 1.09. The van der Waals surface area contributed by atoms with Crippen LogP contribution in [0.3, 0.4) is 0 Å². The fourth-order valence-corrected chi connectivity index (χ4v) is 4.72. The van der Waals surface area contributed by atoms with Crippen LogP contribution in [0.2, 0.25) is 0 Å². The number of nitrogens with one attached hydrogen (secondary N) is 1. The van der Waals surface area contributed by atoms with Crippen LogP contribution in [0.25, 0.3) is 0 Å². The Bertz CT molecular complexity index is 806. The average Bonchev–Trinajstić information content (AvgIpc) is 3.29. The molecule has 2 atom stereocenters. The molecule has 3 N–H and O–H groups in total. The topological polar surface area (TPSA) is 94.0 Å². The van der Waals surface area contributed by atoms with Gasteiger partial charge in [-0.05, 0) is 30.9 Å². The highest BCUT2D eigenvalue weighted by Gasteiger charge is 2.38. The number of nitrogens with zero attached hydrogens (tertiary/aromatic N) is 2. The van der Waals surface area contributed by atoms with Crippen LogP contribution in [0.4, 0.5) is 4.39 Å². The van der Waals surface area contributed by atoms with Gasteiger partial charge in [-0.1, -0.05) is 36.2 Å². The molecule has 1 aliphatic carbocycles. The highest BCUT2D eigenvalue weighted by Crippen LogP contribution is 2.36. The summed E-state index contributed by atoms with van der Waals surface area (Å²) in [6.07, 6.45) is 4.18. The predicted molar refractivity (Wildman–Crippen MR) is 95.9 cm³/mol. The standard InChI is InChI=1S/C18H21FN4O2S/c19-12-6-2-1-5-11(12)9-14-15(24)21-13(10-26-14)16-22-17(23-25-16)18(20)7-3-4-8-18/h1-2,5-6,13-14H,3-4,7-10,20H2,(H,21,24). The fraction of sp³-hybridized carbons (Fsp3) is 0.500. The van der Waals surface area contributed by atoms with Crippen molar-refractivity contribution in [1.82, 2.24) is 15.5 Å². The van der Waals surface area contributed by atoms with E-state index in [9.17, 15) is 9.18 Å². The molecule has 6 nitrogen and oxygen atoms in total. The van der Waals surface area contributed by atoms with Crippen LogP contribution >= 0.6 is 11.8 Å². The second-order valence-electron chi connectivity index (χ2n) is 7.00. The van der Waals surface area contributed by atoms with Crippen LogP contribution in [0.5, 0.6) is 0 Å². The maximum Gasteiger partial charge on any atom is 0.250 e. The van der Waals surface area contributed by atoms with E-state index in [0.717, 1.165) is 25.7 Å². The molecular formula is C18H21FN4O2S. The van der Waals surface area contributed by atoms with Crippen molar-refractivity contribution in [3.8, 4) is 0 Å². The Hall–Kier alpha value is -1.93. The lowest BCUT2D eigenvalue weighted by atomic mass is 9.99. The minimum absolute atomic E-state index is 0.141. The molecule has 138 valence electrons. The monoisotopic (exact) mass is 376 g/mol. The predicted octanol–water partition coefficient (Wildman–Crippen LogP) is 2.45. The molecule has 0 spiro atoms. The zero-order chi connectivity index (χ0) is 18.1. The van der Waals surface area contributed by atoms with E-state index in [0.29, 0.717) is 29.5 Å². The lowest BCUT2D eigenvalue weighted by molar-refractivity contribution is -0.121. The van der Waals surface area contributed by atoms with Crippen LogP contribution in [-0.4, -0.2) is 27.1 Å². The first kappa shape index (κ1) is 17.5. The van der Waals surface area contributed by atoms with Crippen molar-refractivity contribution in [2.45, 2.75) is 48.9 Å². The van der Waals surface area contributed by atoms with E-state index in [1.54, 1.807) is 18.2 Å². The third-order valence-corrected chi connectivity index (χ3v) is 6.43. The molecule has 4 rings (SSSR count). The quantitative estimate of drug-likeness (QED) is 0.851. The van der Waals surface area contributed by atoms with Gasteiger partial charge in [0.25, 0.3) is 0 Å². The maximum absolute atomic E-state index is 13.8. The number of halogens is 1. The van der Waals surface area contributed by atoms with Gasteiger partial charge in [-0.3, -0.25) is 4.79 Å². The molecular weight excluding hydrogens is 355 g/mol. The van der Waals surface area contributed by atoms with Crippen LogP contribution in [-0.2, 0) is 16.8 Å². The van der Waals surface area contributed by atoms with Crippen LogP contribution < -0.4 is 11.1 Å². The first-order valence-corrected chi connectivity index (χ1v) is 9.88. The number of carbonyl (C=O) groups excluding carboxylic acids is 1. The summed E-state index contributed by atoms with van der Waals surface area (Å²) in [6, 6.07) is 6.20. The smallest absolute Gasteiger partial charge is 0.250 e. The van der Waals surface area contributed by atoms with Crippen molar-refractivity contribution < 1.29 is 13.7 Å². The third-order valence-electron chi connectivity index (χ3n) is 5.12. The number of rotatable bonds is 4. The second-order valence-corrected chi connectivity index (χ2v) is 8.23. The first-order chi connectivity index (χ1) is 12.5. The van der Waals surface area contributed by atoms with Crippen LogP contribution in [0.1, 0.15) is 49.0 Å². The van der Waals surface area contributed by atoms with Crippen LogP contribution in [0, 0.1) is 5.82 Å². The zero-order valence-electron chi connectivity index (χ0n) is 14.3. The Morgan fingerprint density at radius 1 is 1.35 bits per heavy atom. The minimum atomic E-state index is -0.513. The zero-order valence-corrected chi connectivity index (χ0v) is 15.1. The summed E-state index contributed by atoms with van der Waals surface area (Å²) in [7, 11) is 0. The van der Waals surface area contributed by atoms with Gasteiger partial charge in [-0.15, -0.1) is 11.8 Å². The molecule has 2 unspecified atom stereocenters. The van der Waals surface area contributed by atoms with Gasteiger partial charge in [0.05, 0.1) is 10.8 Å². The van der Waals surface area contributed by atoms with Gasteiger partial charge < -0.3 is 15.6 Å². The van der Waals surface area contributed by atoms with Crippen molar-refractivity contribution in [3.05, 3.63) is 47.4 Å². The van der Waals surface area contributed by atoms with E-state index in [1.165, 1.54) is 17.8 Å². The minimum Gasteiger partial charge on any atom is -0.343 e. The molecule has 2 fully saturated rings. The summed E-state index contributed by atoms with van der Waals surface area (Å²) in [4.78, 5) is 16.9. The summed E-state index contributed by atoms with van der Waals surface area (Å²) in [5, 5.41) is 6.63. The van der Waals surface area contributed by atoms with Gasteiger partial charge in [0.1, 0.15) is 11.9 Å². The number of benzene rings is 1. The molecule has 1 aliphatic heterocycles. The normalized spacial score (nSPS) is 25.2. The third kappa shape index (κ3) is 3.35. The molecule has 1 aromatic heterocycles. The number of hydrogen-bond acceptors (Lipinski definition) is 6. The molecule has 1 saturated carbocycles.